The summed E-state index contributed by atoms with van der Waals surface area (Å²) in [6.45, 7) is -0.218. The fourth-order valence-electron chi connectivity index (χ4n) is 1.75. The molecule has 0 saturated heterocycles. The lowest BCUT2D eigenvalue weighted by Crippen LogP contribution is -2.34. The molecule has 0 fully saturated rings. The first kappa shape index (κ1) is 13.7. The summed E-state index contributed by atoms with van der Waals surface area (Å²) in [5.41, 5.74) is 5.46. The van der Waals surface area contributed by atoms with E-state index < -0.39 is 16.9 Å². The number of nitro groups is 1. The zero-order valence-corrected chi connectivity index (χ0v) is 10.3. The Kier molecular flexibility index (Phi) is 3.76. The molecular formula is C12H12N4O4. The Bertz CT molecular complexity index is 674. The normalized spacial score (nSPS) is 12.1. The molecule has 1 atom stereocenters. The van der Waals surface area contributed by atoms with Crippen molar-refractivity contribution in [3.63, 3.8) is 0 Å². The summed E-state index contributed by atoms with van der Waals surface area (Å²) in [7, 11) is 0. The molecule has 0 saturated carbocycles. The minimum absolute atomic E-state index is 0.195. The zero-order chi connectivity index (χ0) is 14.7. The van der Waals surface area contributed by atoms with Gasteiger partial charge in [0.1, 0.15) is 18.0 Å². The smallest absolute Gasteiger partial charge is 0.311 e. The second kappa shape index (κ2) is 5.49. The van der Waals surface area contributed by atoms with E-state index in [1.807, 2.05) is 0 Å². The number of hydrogen-bond acceptors (Lipinski definition) is 6. The second-order valence-corrected chi connectivity index (χ2v) is 4.09. The predicted molar refractivity (Wildman–Crippen MR) is 72.1 cm³/mol. The number of aliphatic hydroxyl groups is 1. The zero-order valence-electron chi connectivity index (χ0n) is 10.3. The molecule has 0 aliphatic carbocycles. The molecule has 1 amide bonds. The van der Waals surface area contributed by atoms with Crippen molar-refractivity contribution in [2.75, 3.05) is 11.9 Å². The number of para-hydroxylation sites is 1. The first-order valence-electron chi connectivity index (χ1n) is 5.74. The Labute approximate surface area is 113 Å². The average molecular weight is 276 g/mol. The van der Waals surface area contributed by atoms with Gasteiger partial charge in [0.2, 0.25) is 5.91 Å². The van der Waals surface area contributed by atoms with Gasteiger partial charge in [-0.2, -0.15) is 0 Å². The maximum absolute atomic E-state index is 11.0. The molecule has 0 bridgehead atoms. The number of carbonyl (C=O) groups excluding carboxylic acids is 1. The Hall–Kier alpha value is -2.74. The first-order valence-corrected chi connectivity index (χ1v) is 5.74. The SMILES string of the molecule is NC(=O)C(O)CNc1c([N+](=O)[O-])cnc2ccccc12. The van der Waals surface area contributed by atoms with Crippen molar-refractivity contribution in [1.82, 2.24) is 4.98 Å². The van der Waals surface area contributed by atoms with Crippen LogP contribution < -0.4 is 11.1 Å². The molecule has 4 N–H and O–H groups in total. The number of fused-ring (bicyclic) bond motifs is 1. The number of amides is 1. The molecule has 1 unspecified atom stereocenters. The summed E-state index contributed by atoms with van der Waals surface area (Å²) in [6, 6.07) is 6.83. The fourth-order valence-corrected chi connectivity index (χ4v) is 1.75. The number of hydrogen-bond donors (Lipinski definition) is 3. The first-order chi connectivity index (χ1) is 9.50. The molecule has 0 radical (unpaired) electrons. The summed E-state index contributed by atoms with van der Waals surface area (Å²) in [5, 5.41) is 23.6. The average Bonchev–Trinajstić information content (AvgIpc) is 2.43. The van der Waals surface area contributed by atoms with Crippen LogP contribution in [0.2, 0.25) is 0 Å². The summed E-state index contributed by atoms with van der Waals surface area (Å²) >= 11 is 0. The van der Waals surface area contributed by atoms with Crippen molar-refractivity contribution in [3.05, 3.63) is 40.6 Å². The van der Waals surface area contributed by atoms with Crippen LogP contribution in [-0.4, -0.2) is 33.6 Å². The lowest BCUT2D eigenvalue weighted by atomic mass is 10.1. The molecule has 2 rings (SSSR count). The lowest BCUT2D eigenvalue weighted by molar-refractivity contribution is -0.384. The fraction of sp³-hybridized carbons (Fsp3) is 0.167. The van der Waals surface area contributed by atoms with Crippen LogP contribution in [-0.2, 0) is 4.79 Å². The van der Waals surface area contributed by atoms with E-state index >= 15 is 0 Å². The molecule has 1 aromatic carbocycles. The predicted octanol–water partition coefficient (Wildman–Crippen LogP) is 0.401. The third kappa shape index (κ3) is 2.64. The van der Waals surface area contributed by atoms with Crippen molar-refractivity contribution < 1.29 is 14.8 Å². The highest BCUT2D eigenvalue weighted by molar-refractivity contribution is 5.95. The van der Waals surface area contributed by atoms with E-state index in [0.29, 0.717) is 10.9 Å². The van der Waals surface area contributed by atoms with Crippen LogP contribution in [0.3, 0.4) is 0 Å². The summed E-state index contributed by atoms with van der Waals surface area (Å²) in [4.78, 5) is 25.2. The van der Waals surface area contributed by atoms with E-state index in [-0.39, 0.29) is 17.9 Å². The van der Waals surface area contributed by atoms with Gasteiger partial charge < -0.3 is 16.2 Å². The molecule has 2 aromatic rings. The van der Waals surface area contributed by atoms with Crippen molar-refractivity contribution in [2.24, 2.45) is 5.73 Å². The van der Waals surface area contributed by atoms with E-state index in [1.165, 1.54) is 0 Å². The topological polar surface area (TPSA) is 131 Å². The highest BCUT2D eigenvalue weighted by Gasteiger charge is 2.19. The van der Waals surface area contributed by atoms with Crippen LogP contribution in [0.25, 0.3) is 10.9 Å². The maximum Gasteiger partial charge on any atom is 0.311 e. The summed E-state index contributed by atoms with van der Waals surface area (Å²) in [5.74, 6) is -0.904. The molecule has 1 heterocycles. The van der Waals surface area contributed by atoms with Gasteiger partial charge >= 0.3 is 5.69 Å². The van der Waals surface area contributed by atoms with Crippen molar-refractivity contribution in [3.8, 4) is 0 Å². The third-order valence-electron chi connectivity index (χ3n) is 2.75. The highest BCUT2D eigenvalue weighted by Crippen LogP contribution is 2.31. The lowest BCUT2D eigenvalue weighted by Gasteiger charge is -2.12. The van der Waals surface area contributed by atoms with Crippen LogP contribution in [0.1, 0.15) is 0 Å². The molecule has 8 nitrogen and oxygen atoms in total. The van der Waals surface area contributed by atoms with Gasteiger partial charge in [0.15, 0.2) is 0 Å². The summed E-state index contributed by atoms with van der Waals surface area (Å²) in [6.07, 6.45) is -0.303. The molecule has 104 valence electrons. The monoisotopic (exact) mass is 276 g/mol. The van der Waals surface area contributed by atoms with Crippen molar-refractivity contribution in [2.45, 2.75) is 6.10 Å². The number of anilines is 1. The number of primary amides is 1. The van der Waals surface area contributed by atoms with Gasteiger partial charge in [-0.3, -0.25) is 14.9 Å². The molecule has 0 aliphatic rings. The van der Waals surface area contributed by atoms with Crippen LogP contribution in [0.15, 0.2) is 30.5 Å². The van der Waals surface area contributed by atoms with Gasteiger partial charge in [-0.1, -0.05) is 18.2 Å². The maximum atomic E-state index is 11.0. The number of nitrogens with zero attached hydrogens (tertiary/aromatic N) is 2. The number of nitrogens with one attached hydrogen (secondary N) is 1. The van der Waals surface area contributed by atoms with Crippen molar-refractivity contribution in [1.29, 1.82) is 0 Å². The van der Waals surface area contributed by atoms with Crippen LogP contribution in [0, 0.1) is 10.1 Å². The minimum atomic E-state index is -1.43. The summed E-state index contributed by atoms with van der Waals surface area (Å²) < 4.78 is 0. The van der Waals surface area contributed by atoms with E-state index in [4.69, 9.17) is 5.73 Å². The van der Waals surface area contributed by atoms with Gasteiger partial charge in [0.25, 0.3) is 0 Å². The van der Waals surface area contributed by atoms with E-state index in [2.05, 4.69) is 10.3 Å². The number of aromatic nitrogens is 1. The number of pyridine rings is 1. The van der Waals surface area contributed by atoms with Crippen LogP contribution >= 0.6 is 0 Å². The van der Waals surface area contributed by atoms with Crippen LogP contribution in [0.4, 0.5) is 11.4 Å². The van der Waals surface area contributed by atoms with E-state index in [0.717, 1.165) is 6.20 Å². The Morgan fingerprint density at radius 2 is 2.20 bits per heavy atom. The minimum Gasteiger partial charge on any atom is -0.381 e. The number of rotatable bonds is 5. The van der Waals surface area contributed by atoms with Crippen molar-refractivity contribution >= 4 is 28.2 Å². The van der Waals surface area contributed by atoms with Gasteiger partial charge in [-0.15, -0.1) is 0 Å². The van der Waals surface area contributed by atoms with Gasteiger partial charge in [0, 0.05) is 5.39 Å². The quantitative estimate of drug-likeness (QED) is 0.535. The Morgan fingerprint density at radius 1 is 1.50 bits per heavy atom. The van der Waals surface area contributed by atoms with Gasteiger partial charge in [0.05, 0.1) is 17.0 Å². The molecule has 8 heteroatoms. The standard InChI is InChI=1S/C12H12N4O4/c13-12(18)10(17)6-15-11-7-3-1-2-4-8(7)14-5-9(11)16(19)20/h1-5,10,17H,6H2,(H2,13,18)(H,14,15). The van der Waals surface area contributed by atoms with E-state index in [9.17, 15) is 20.0 Å². The van der Waals surface area contributed by atoms with Crippen LogP contribution in [0.5, 0.6) is 0 Å². The highest BCUT2D eigenvalue weighted by atomic mass is 16.6. The molecular weight excluding hydrogens is 264 g/mol. The molecule has 0 aliphatic heterocycles. The second-order valence-electron chi connectivity index (χ2n) is 4.09. The Morgan fingerprint density at radius 3 is 2.85 bits per heavy atom. The largest absolute Gasteiger partial charge is 0.381 e. The molecule has 20 heavy (non-hydrogen) atoms. The van der Waals surface area contributed by atoms with Gasteiger partial charge in [-0.05, 0) is 6.07 Å². The van der Waals surface area contributed by atoms with Gasteiger partial charge in [-0.25, -0.2) is 4.98 Å². The third-order valence-corrected chi connectivity index (χ3v) is 2.75. The molecule has 1 aromatic heterocycles. The number of nitrogens with two attached hydrogens (primary N) is 1. The molecule has 0 spiro atoms. The Balaban J connectivity index is 2.44. The number of aliphatic hydroxyl groups excluding tert-OH is 1. The number of carbonyl (C=O) groups is 1. The van der Waals surface area contributed by atoms with E-state index in [1.54, 1.807) is 24.3 Å². The number of benzene rings is 1.